The lowest BCUT2D eigenvalue weighted by atomic mass is 10.1. The van der Waals surface area contributed by atoms with Crippen LogP contribution in [0.1, 0.15) is 0 Å². The van der Waals surface area contributed by atoms with Gasteiger partial charge in [-0.3, -0.25) is 4.68 Å². The average molecular weight is 326 g/mol. The first-order chi connectivity index (χ1) is 9.11. The van der Waals surface area contributed by atoms with Crippen LogP contribution in [0.4, 0.5) is 5.82 Å². The van der Waals surface area contributed by atoms with Gasteiger partial charge in [0.25, 0.3) is 0 Å². The highest BCUT2D eigenvalue weighted by molar-refractivity contribution is 9.10. The molecular formula is C12H12BrN3O3. The number of nitrogens with two attached hydrogens (primary N) is 1. The van der Waals surface area contributed by atoms with Crippen molar-refractivity contribution in [1.82, 2.24) is 9.78 Å². The highest BCUT2D eigenvalue weighted by atomic mass is 79.9. The molecule has 0 unspecified atom stereocenters. The van der Waals surface area contributed by atoms with Gasteiger partial charge in [-0.1, -0.05) is 0 Å². The summed E-state index contributed by atoms with van der Waals surface area (Å²) in [6.07, 6.45) is 0. The Kier molecular flexibility index (Phi) is 2.78. The predicted octanol–water partition coefficient (Wildman–Crippen LogP) is 2.17. The van der Waals surface area contributed by atoms with Crippen LogP contribution in [0.3, 0.4) is 0 Å². The van der Waals surface area contributed by atoms with Gasteiger partial charge in [-0.2, -0.15) is 5.10 Å². The number of anilines is 1. The minimum atomic E-state index is 0.185. The summed E-state index contributed by atoms with van der Waals surface area (Å²) in [6, 6.07) is 3.59. The van der Waals surface area contributed by atoms with Crippen LogP contribution in [0.2, 0.25) is 0 Å². The molecule has 3 rings (SSSR count). The van der Waals surface area contributed by atoms with Crippen molar-refractivity contribution < 1.29 is 14.2 Å². The van der Waals surface area contributed by atoms with Gasteiger partial charge in [0, 0.05) is 19.2 Å². The number of methoxy groups -OCH3 is 1. The van der Waals surface area contributed by atoms with E-state index in [4.69, 9.17) is 19.9 Å². The summed E-state index contributed by atoms with van der Waals surface area (Å²) in [6.45, 7) is 0.185. The van der Waals surface area contributed by atoms with E-state index in [1.54, 1.807) is 24.9 Å². The molecule has 2 N–H and O–H groups in total. The summed E-state index contributed by atoms with van der Waals surface area (Å²) in [4.78, 5) is 0. The SMILES string of the molecule is COc1c(Br)cc2c(c1-c1cc(N)n(C)n1)OCO2. The first-order valence-electron chi connectivity index (χ1n) is 5.57. The Morgan fingerprint density at radius 3 is 2.84 bits per heavy atom. The van der Waals surface area contributed by atoms with Crippen LogP contribution in [0.5, 0.6) is 17.2 Å². The molecule has 1 aromatic carbocycles. The number of fused-ring (bicyclic) bond motifs is 1. The van der Waals surface area contributed by atoms with Gasteiger partial charge in [-0.05, 0) is 15.9 Å². The van der Waals surface area contributed by atoms with Crippen molar-refractivity contribution in [2.24, 2.45) is 7.05 Å². The Morgan fingerprint density at radius 1 is 1.42 bits per heavy atom. The van der Waals surface area contributed by atoms with Gasteiger partial charge in [-0.25, -0.2) is 0 Å². The second-order valence-corrected chi connectivity index (χ2v) is 4.93. The first kappa shape index (κ1) is 12.2. The minimum absolute atomic E-state index is 0.185. The maximum Gasteiger partial charge on any atom is 0.231 e. The third-order valence-corrected chi connectivity index (χ3v) is 3.54. The summed E-state index contributed by atoms with van der Waals surface area (Å²) < 4.78 is 18.7. The van der Waals surface area contributed by atoms with E-state index in [-0.39, 0.29) is 6.79 Å². The topological polar surface area (TPSA) is 71.5 Å². The molecule has 2 aromatic rings. The summed E-state index contributed by atoms with van der Waals surface area (Å²) in [5.74, 6) is 2.48. The molecule has 0 fully saturated rings. The molecule has 1 aliphatic heterocycles. The van der Waals surface area contributed by atoms with E-state index >= 15 is 0 Å². The van der Waals surface area contributed by atoms with Crippen LogP contribution in [0, 0.1) is 0 Å². The molecule has 19 heavy (non-hydrogen) atoms. The monoisotopic (exact) mass is 325 g/mol. The second-order valence-electron chi connectivity index (χ2n) is 4.08. The zero-order chi connectivity index (χ0) is 13.6. The van der Waals surface area contributed by atoms with Crippen molar-refractivity contribution in [3.63, 3.8) is 0 Å². The van der Waals surface area contributed by atoms with Crippen LogP contribution in [0.15, 0.2) is 16.6 Å². The molecule has 0 saturated heterocycles. The Morgan fingerprint density at radius 2 is 2.21 bits per heavy atom. The molecule has 0 bridgehead atoms. The molecule has 2 heterocycles. The fraction of sp³-hybridized carbons (Fsp3) is 0.250. The van der Waals surface area contributed by atoms with Crippen LogP contribution in [-0.4, -0.2) is 23.7 Å². The molecule has 6 nitrogen and oxygen atoms in total. The Hall–Kier alpha value is -1.89. The van der Waals surface area contributed by atoms with Crippen molar-refractivity contribution in [3.8, 4) is 28.5 Å². The first-order valence-corrected chi connectivity index (χ1v) is 6.37. The summed E-state index contributed by atoms with van der Waals surface area (Å²) in [7, 11) is 3.37. The van der Waals surface area contributed by atoms with Gasteiger partial charge in [-0.15, -0.1) is 0 Å². The van der Waals surface area contributed by atoms with Gasteiger partial charge in [0.05, 0.1) is 17.1 Å². The van der Waals surface area contributed by atoms with Crippen molar-refractivity contribution in [2.45, 2.75) is 0 Å². The maximum atomic E-state index is 5.83. The molecule has 7 heteroatoms. The lowest BCUT2D eigenvalue weighted by Crippen LogP contribution is -1.97. The van der Waals surface area contributed by atoms with Gasteiger partial charge in [0.2, 0.25) is 6.79 Å². The van der Waals surface area contributed by atoms with Gasteiger partial charge < -0.3 is 19.9 Å². The maximum absolute atomic E-state index is 5.83. The third-order valence-electron chi connectivity index (χ3n) is 2.95. The van der Waals surface area contributed by atoms with E-state index in [0.29, 0.717) is 28.8 Å². The van der Waals surface area contributed by atoms with Gasteiger partial charge in [0.15, 0.2) is 11.5 Å². The number of ether oxygens (including phenoxy) is 3. The molecule has 1 aromatic heterocycles. The molecular weight excluding hydrogens is 314 g/mol. The number of hydrogen-bond acceptors (Lipinski definition) is 5. The highest BCUT2D eigenvalue weighted by Crippen LogP contribution is 2.50. The van der Waals surface area contributed by atoms with Crippen molar-refractivity contribution in [3.05, 3.63) is 16.6 Å². The molecule has 1 aliphatic rings. The molecule has 0 radical (unpaired) electrons. The molecule has 0 spiro atoms. The zero-order valence-corrected chi connectivity index (χ0v) is 12.0. The summed E-state index contributed by atoms with van der Waals surface area (Å²) in [5, 5.41) is 4.36. The van der Waals surface area contributed by atoms with E-state index in [1.165, 1.54) is 0 Å². The number of hydrogen-bond donors (Lipinski definition) is 1. The van der Waals surface area contributed by atoms with Crippen molar-refractivity contribution >= 4 is 21.7 Å². The molecule has 100 valence electrons. The second kappa shape index (κ2) is 4.34. The predicted molar refractivity (Wildman–Crippen MR) is 73.4 cm³/mol. The number of aryl methyl sites for hydroxylation is 1. The van der Waals surface area contributed by atoms with Crippen molar-refractivity contribution in [2.75, 3.05) is 19.6 Å². The van der Waals surface area contributed by atoms with E-state index in [1.807, 2.05) is 6.07 Å². The van der Waals surface area contributed by atoms with E-state index in [0.717, 1.165) is 10.0 Å². The summed E-state index contributed by atoms with van der Waals surface area (Å²) in [5.41, 5.74) is 7.24. The lowest BCUT2D eigenvalue weighted by Gasteiger charge is -2.11. The Bertz CT molecular complexity index is 631. The lowest BCUT2D eigenvalue weighted by molar-refractivity contribution is 0.174. The number of rotatable bonds is 2. The van der Waals surface area contributed by atoms with Crippen LogP contribution in [-0.2, 0) is 7.05 Å². The largest absolute Gasteiger partial charge is 0.495 e. The van der Waals surface area contributed by atoms with E-state index < -0.39 is 0 Å². The number of halogens is 1. The van der Waals surface area contributed by atoms with Gasteiger partial charge in [0.1, 0.15) is 17.3 Å². The minimum Gasteiger partial charge on any atom is -0.495 e. The van der Waals surface area contributed by atoms with Gasteiger partial charge >= 0.3 is 0 Å². The van der Waals surface area contributed by atoms with E-state index in [9.17, 15) is 0 Å². The molecule has 0 amide bonds. The van der Waals surface area contributed by atoms with E-state index in [2.05, 4.69) is 21.0 Å². The number of nitrogens with zero attached hydrogens (tertiary/aromatic N) is 2. The zero-order valence-electron chi connectivity index (χ0n) is 10.4. The average Bonchev–Trinajstić information content (AvgIpc) is 2.95. The number of aromatic nitrogens is 2. The highest BCUT2D eigenvalue weighted by Gasteiger charge is 2.27. The smallest absolute Gasteiger partial charge is 0.231 e. The van der Waals surface area contributed by atoms with Crippen LogP contribution < -0.4 is 19.9 Å². The molecule has 0 aliphatic carbocycles. The standard InChI is InChI=1S/C12H12BrN3O3/c1-16-9(14)4-7(15-16)10-11(17-2)6(13)3-8-12(10)19-5-18-8/h3-4H,5,14H2,1-2H3. The van der Waals surface area contributed by atoms with Crippen LogP contribution in [0.25, 0.3) is 11.3 Å². The number of benzene rings is 1. The fourth-order valence-corrected chi connectivity index (χ4v) is 2.60. The molecule has 0 saturated carbocycles. The Labute approximate surface area is 118 Å². The normalized spacial score (nSPS) is 12.8. The van der Waals surface area contributed by atoms with Crippen molar-refractivity contribution in [1.29, 1.82) is 0 Å². The summed E-state index contributed by atoms with van der Waals surface area (Å²) >= 11 is 3.46. The third kappa shape index (κ3) is 1.81. The van der Waals surface area contributed by atoms with Crippen LogP contribution >= 0.6 is 15.9 Å². The quantitative estimate of drug-likeness (QED) is 0.916. The Balaban J connectivity index is 2.29. The fourth-order valence-electron chi connectivity index (χ4n) is 2.03. The number of nitrogen functional groups attached to an aromatic ring is 1. The molecule has 0 atom stereocenters.